The van der Waals surface area contributed by atoms with E-state index in [1.165, 1.54) is 0 Å². The van der Waals surface area contributed by atoms with E-state index in [2.05, 4.69) is 10.5 Å². The molecule has 0 bridgehead atoms. The summed E-state index contributed by atoms with van der Waals surface area (Å²) in [5.41, 5.74) is 5.65. The maximum Gasteiger partial charge on any atom is 0.294 e. The van der Waals surface area contributed by atoms with Crippen LogP contribution in [0.15, 0.2) is 35.5 Å². The first-order chi connectivity index (χ1) is 6.24. The summed E-state index contributed by atoms with van der Waals surface area (Å²) in [7, 11) is 0. The molecule has 1 aromatic rings. The number of anilines is 1. The number of rotatable bonds is 1. The SMILES string of the molecule is N/C(=N/O)C(=O)Nc1ccccc1. The van der Waals surface area contributed by atoms with Gasteiger partial charge in [-0.2, -0.15) is 0 Å². The molecule has 0 heterocycles. The van der Waals surface area contributed by atoms with Crippen molar-refractivity contribution in [3.63, 3.8) is 0 Å². The Morgan fingerprint density at radius 3 is 2.54 bits per heavy atom. The van der Waals surface area contributed by atoms with Crippen LogP contribution in [0, 0.1) is 0 Å². The summed E-state index contributed by atoms with van der Waals surface area (Å²) in [5, 5.41) is 13.2. The predicted molar refractivity (Wildman–Crippen MR) is 48.5 cm³/mol. The Labute approximate surface area is 74.9 Å². The Hall–Kier alpha value is -2.04. The molecule has 0 aromatic heterocycles. The standard InChI is InChI=1S/C8H9N3O2/c9-7(11-13)8(12)10-6-4-2-1-3-5-6/h1-5,13H,(H2,9,11)(H,10,12). The number of nitrogens with one attached hydrogen (secondary N) is 1. The molecule has 0 fully saturated rings. The van der Waals surface area contributed by atoms with E-state index in [0.29, 0.717) is 5.69 Å². The molecule has 68 valence electrons. The zero-order valence-corrected chi connectivity index (χ0v) is 6.77. The lowest BCUT2D eigenvalue weighted by Gasteiger charge is -2.01. The Morgan fingerprint density at radius 1 is 1.38 bits per heavy atom. The summed E-state index contributed by atoms with van der Waals surface area (Å²) in [6.07, 6.45) is 0. The van der Waals surface area contributed by atoms with Gasteiger partial charge in [0.1, 0.15) is 0 Å². The molecule has 0 aliphatic carbocycles. The zero-order chi connectivity index (χ0) is 9.68. The van der Waals surface area contributed by atoms with E-state index in [1.807, 2.05) is 6.07 Å². The first kappa shape index (κ1) is 9.05. The van der Waals surface area contributed by atoms with Crippen LogP contribution in [-0.4, -0.2) is 17.0 Å². The molecule has 0 radical (unpaired) electrons. The van der Waals surface area contributed by atoms with Gasteiger partial charge < -0.3 is 16.3 Å². The monoisotopic (exact) mass is 179 g/mol. The minimum atomic E-state index is -0.631. The quantitative estimate of drug-likeness (QED) is 0.252. The van der Waals surface area contributed by atoms with Crippen LogP contribution in [0.3, 0.4) is 0 Å². The van der Waals surface area contributed by atoms with Gasteiger partial charge in [-0.05, 0) is 12.1 Å². The van der Waals surface area contributed by atoms with E-state index in [-0.39, 0.29) is 0 Å². The second-order valence-corrected chi connectivity index (χ2v) is 2.31. The molecular weight excluding hydrogens is 170 g/mol. The first-order valence-corrected chi connectivity index (χ1v) is 3.58. The number of nitrogens with zero attached hydrogens (tertiary/aromatic N) is 1. The predicted octanol–water partition coefficient (Wildman–Crippen LogP) is 0.371. The van der Waals surface area contributed by atoms with Crippen molar-refractivity contribution in [3.8, 4) is 0 Å². The van der Waals surface area contributed by atoms with Gasteiger partial charge in [0.15, 0.2) is 0 Å². The third kappa shape index (κ3) is 2.48. The molecule has 0 aliphatic rings. The van der Waals surface area contributed by atoms with Crippen molar-refractivity contribution >= 4 is 17.4 Å². The molecule has 5 heteroatoms. The fourth-order valence-electron chi connectivity index (χ4n) is 0.762. The molecule has 4 N–H and O–H groups in total. The Balaban J connectivity index is 2.66. The summed E-state index contributed by atoms with van der Waals surface area (Å²) < 4.78 is 0. The van der Waals surface area contributed by atoms with Gasteiger partial charge in [0.05, 0.1) is 0 Å². The lowest BCUT2D eigenvalue weighted by Crippen LogP contribution is -2.29. The Bertz CT molecular complexity index is 321. The molecule has 0 aliphatic heterocycles. The number of carbonyl (C=O) groups excluding carboxylic acids is 1. The zero-order valence-electron chi connectivity index (χ0n) is 6.77. The van der Waals surface area contributed by atoms with Crippen LogP contribution in [0.25, 0.3) is 0 Å². The third-order valence-corrected chi connectivity index (χ3v) is 1.37. The summed E-state index contributed by atoms with van der Waals surface area (Å²) in [5.74, 6) is -1.10. The van der Waals surface area contributed by atoms with Gasteiger partial charge in [-0.15, -0.1) is 0 Å². The van der Waals surface area contributed by atoms with Crippen LogP contribution < -0.4 is 11.1 Å². The molecule has 1 aromatic carbocycles. The van der Waals surface area contributed by atoms with Crippen molar-refractivity contribution in [3.05, 3.63) is 30.3 Å². The number of hydrogen-bond donors (Lipinski definition) is 3. The molecule has 1 rings (SSSR count). The third-order valence-electron chi connectivity index (χ3n) is 1.37. The summed E-state index contributed by atoms with van der Waals surface area (Å²) >= 11 is 0. The van der Waals surface area contributed by atoms with E-state index in [9.17, 15) is 4.79 Å². The first-order valence-electron chi connectivity index (χ1n) is 3.58. The van der Waals surface area contributed by atoms with E-state index in [4.69, 9.17) is 10.9 Å². The average molecular weight is 179 g/mol. The average Bonchev–Trinajstić information content (AvgIpc) is 2.18. The highest BCUT2D eigenvalue weighted by Crippen LogP contribution is 2.03. The van der Waals surface area contributed by atoms with E-state index < -0.39 is 11.7 Å². The highest BCUT2D eigenvalue weighted by atomic mass is 16.4. The topological polar surface area (TPSA) is 87.7 Å². The number of oxime groups is 1. The van der Waals surface area contributed by atoms with Gasteiger partial charge in [-0.3, -0.25) is 4.79 Å². The number of benzene rings is 1. The van der Waals surface area contributed by atoms with Crippen molar-refractivity contribution in [2.45, 2.75) is 0 Å². The number of carbonyl (C=O) groups is 1. The van der Waals surface area contributed by atoms with E-state index >= 15 is 0 Å². The van der Waals surface area contributed by atoms with Crippen molar-refractivity contribution < 1.29 is 10.0 Å². The highest BCUT2D eigenvalue weighted by molar-refractivity contribution is 6.41. The molecule has 1 amide bonds. The van der Waals surface area contributed by atoms with Gasteiger partial charge in [0.25, 0.3) is 5.91 Å². The Kier molecular flexibility index (Phi) is 2.86. The molecule has 5 nitrogen and oxygen atoms in total. The van der Waals surface area contributed by atoms with Crippen molar-refractivity contribution in [1.82, 2.24) is 0 Å². The van der Waals surface area contributed by atoms with Crippen molar-refractivity contribution in [2.24, 2.45) is 10.9 Å². The van der Waals surface area contributed by atoms with Crippen LogP contribution in [0.2, 0.25) is 0 Å². The van der Waals surface area contributed by atoms with Crippen LogP contribution in [0.4, 0.5) is 5.69 Å². The molecule has 13 heavy (non-hydrogen) atoms. The second kappa shape index (κ2) is 4.10. The minimum Gasteiger partial charge on any atom is -0.409 e. The molecular formula is C8H9N3O2. The van der Waals surface area contributed by atoms with E-state index in [1.54, 1.807) is 24.3 Å². The van der Waals surface area contributed by atoms with Crippen LogP contribution in [0.5, 0.6) is 0 Å². The second-order valence-electron chi connectivity index (χ2n) is 2.31. The molecule has 0 unspecified atom stereocenters. The maximum atomic E-state index is 11.0. The highest BCUT2D eigenvalue weighted by Gasteiger charge is 2.06. The summed E-state index contributed by atoms with van der Waals surface area (Å²) in [6.45, 7) is 0. The smallest absolute Gasteiger partial charge is 0.294 e. The van der Waals surface area contributed by atoms with Gasteiger partial charge >= 0.3 is 0 Å². The van der Waals surface area contributed by atoms with Gasteiger partial charge in [0, 0.05) is 5.69 Å². The van der Waals surface area contributed by atoms with Crippen molar-refractivity contribution in [1.29, 1.82) is 0 Å². The molecule has 0 atom stereocenters. The molecule has 0 saturated heterocycles. The number of amidine groups is 1. The molecule has 0 spiro atoms. The normalized spacial score (nSPS) is 10.9. The van der Waals surface area contributed by atoms with Gasteiger partial charge in [-0.25, -0.2) is 0 Å². The van der Waals surface area contributed by atoms with Gasteiger partial charge in [0.2, 0.25) is 5.84 Å². The summed E-state index contributed by atoms with van der Waals surface area (Å²) in [4.78, 5) is 11.0. The lowest BCUT2D eigenvalue weighted by atomic mass is 10.3. The maximum absolute atomic E-state index is 11.0. The largest absolute Gasteiger partial charge is 0.409 e. The van der Waals surface area contributed by atoms with Crippen LogP contribution in [0.1, 0.15) is 0 Å². The fourth-order valence-corrected chi connectivity index (χ4v) is 0.762. The number of hydrogen-bond acceptors (Lipinski definition) is 3. The number of nitrogens with two attached hydrogens (primary N) is 1. The molecule has 0 saturated carbocycles. The number of amides is 1. The Morgan fingerprint density at radius 2 is 2.00 bits per heavy atom. The summed E-state index contributed by atoms with van der Waals surface area (Å²) in [6, 6.07) is 8.74. The van der Waals surface area contributed by atoms with Crippen LogP contribution in [-0.2, 0) is 4.79 Å². The van der Waals surface area contributed by atoms with Crippen molar-refractivity contribution in [2.75, 3.05) is 5.32 Å². The fraction of sp³-hybridized carbons (Fsp3) is 0. The van der Waals surface area contributed by atoms with Gasteiger partial charge in [-0.1, -0.05) is 23.4 Å². The van der Waals surface area contributed by atoms with Crippen LogP contribution >= 0.6 is 0 Å². The number of para-hydroxylation sites is 1. The lowest BCUT2D eigenvalue weighted by molar-refractivity contribution is -0.110. The minimum absolute atomic E-state index is 0.469. The van der Waals surface area contributed by atoms with E-state index in [0.717, 1.165) is 0 Å².